The van der Waals surface area contributed by atoms with Crippen molar-refractivity contribution in [3.05, 3.63) is 11.8 Å². The first-order valence-electron chi connectivity index (χ1n) is 1.77. The number of hydrogen-bond donors (Lipinski definition) is 2. The largest absolute Gasteiger partial charge is 0.477 e. The summed E-state index contributed by atoms with van der Waals surface area (Å²) in [6.45, 7) is 0. The monoisotopic (exact) mass is 112 g/mol. The number of rotatable bonds is 1. The number of nitrogens with two attached hydrogens (primary N) is 1. The van der Waals surface area contributed by atoms with Crippen molar-refractivity contribution in [2.24, 2.45) is 5.73 Å². The maximum atomic E-state index is 9.74. The fourth-order valence-electron chi connectivity index (χ4n) is 0.131. The lowest BCUT2D eigenvalue weighted by molar-refractivity contribution is -0.132. The van der Waals surface area contributed by atoms with Gasteiger partial charge in [0.25, 0.3) is 0 Å². The summed E-state index contributed by atoms with van der Waals surface area (Å²) in [7, 11) is 0. The average molecular weight is 112 g/mol. The van der Waals surface area contributed by atoms with Gasteiger partial charge in [0.15, 0.2) is 0 Å². The Morgan fingerprint density at radius 2 is 2.38 bits per heavy atom. The van der Waals surface area contributed by atoms with E-state index < -0.39 is 11.7 Å². The van der Waals surface area contributed by atoms with Gasteiger partial charge in [-0.05, 0) is 0 Å². The molecular formula is C4H4N2O2. The van der Waals surface area contributed by atoms with Gasteiger partial charge in [0, 0.05) is 6.08 Å². The molecule has 0 spiro atoms. The van der Waals surface area contributed by atoms with Crippen LogP contribution >= 0.6 is 0 Å². The van der Waals surface area contributed by atoms with E-state index in [4.69, 9.17) is 16.1 Å². The van der Waals surface area contributed by atoms with Crippen LogP contribution in [0, 0.1) is 11.3 Å². The van der Waals surface area contributed by atoms with Gasteiger partial charge in [-0.2, -0.15) is 5.26 Å². The molecule has 8 heavy (non-hydrogen) atoms. The normalized spacial score (nSPS) is 10.1. The molecule has 0 aromatic rings. The summed E-state index contributed by atoms with van der Waals surface area (Å²) in [6, 6.07) is 1.48. The Kier molecular flexibility index (Phi) is 2.14. The second-order valence-electron chi connectivity index (χ2n) is 1.03. The Morgan fingerprint density at radius 3 is 2.50 bits per heavy atom. The van der Waals surface area contributed by atoms with Gasteiger partial charge < -0.3 is 10.8 Å². The predicted molar refractivity (Wildman–Crippen MR) is 25.5 cm³/mol. The number of hydrogen-bond acceptors (Lipinski definition) is 3. The summed E-state index contributed by atoms with van der Waals surface area (Å²) in [5, 5.41) is 15.8. The second-order valence-corrected chi connectivity index (χ2v) is 1.03. The standard InChI is InChI=1S/C4H4N2O2/c5-2-1-3(6)4(7)8/h1H,6H2,(H,7,8)/b3-1-. The first kappa shape index (κ1) is 6.50. The van der Waals surface area contributed by atoms with Crippen LogP contribution in [0.25, 0.3) is 0 Å². The highest BCUT2D eigenvalue weighted by Crippen LogP contribution is 1.78. The van der Waals surface area contributed by atoms with E-state index in [2.05, 4.69) is 0 Å². The summed E-state index contributed by atoms with van der Waals surface area (Å²) in [4.78, 5) is 9.74. The molecule has 0 unspecified atom stereocenters. The van der Waals surface area contributed by atoms with E-state index in [1.807, 2.05) is 0 Å². The van der Waals surface area contributed by atoms with Crippen molar-refractivity contribution in [3.63, 3.8) is 0 Å². The van der Waals surface area contributed by atoms with Gasteiger partial charge in [-0.25, -0.2) is 4.79 Å². The molecule has 0 aliphatic rings. The smallest absolute Gasteiger partial charge is 0.352 e. The van der Waals surface area contributed by atoms with Crippen LogP contribution in [0.2, 0.25) is 0 Å². The fourth-order valence-corrected chi connectivity index (χ4v) is 0.131. The van der Waals surface area contributed by atoms with E-state index in [-0.39, 0.29) is 0 Å². The lowest BCUT2D eigenvalue weighted by Gasteiger charge is -1.83. The van der Waals surface area contributed by atoms with Crippen molar-refractivity contribution in [1.29, 1.82) is 5.26 Å². The quantitative estimate of drug-likeness (QED) is 0.351. The Morgan fingerprint density at radius 1 is 1.88 bits per heavy atom. The van der Waals surface area contributed by atoms with Crippen molar-refractivity contribution in [1.82, 2.24) is 0 Å². The van der Waals surface area contributed by atoms with Gasteiger partial charge in [-0.3, -0.25) is 0 Å². The Balaban J connectivity index is 4.06. The molecule has 0 atom stereocenters. The van der Waals surface area contributed by atoms with Crippen molar-refractivity contribution in [2.45, 2.75) is 0 Å². The topological polar surface area (TPSA) is 87.1 Å². The maximum Gasteiger partial charge on any atom is 0.352 e. The lowest BCUT2D eigenvalue weighted by atomic mass is 10.4. The zero-order valence-corrected chi connectivity index (χ0v) is 3.96. The van der Waals surface area contributed by atoms with Crippen LogP contribution in [-0.2, 0) is 4.79 Å². The van der Waals surface area contributed by atoms with Gasteiger partial charge in [0.05, 0.1) is 6.07 Å². The number of carbonyl (C=O) groups is 1. The molecule has 0 amide bonds. The van der Waals surface area contributed by atoms with Crippen LogP contribution < -0.4 is 5.73 Å². The van der Waals surface area contributed by atoms with Crippen LogP contribution in [-0.4, -0.2) is 11.1 Å². The summed E-state index contributed by atoms with van der Waals surface area (Å²) in [6.07, 6.45) is 0.766. The molecule has 4 nitrogen and oxygen atoms in total. The molecule has 4 heteroatoms. The fraction of sp³-hybridized carbons (Fsp3) is 0. The zero-order valence-electron chi connectivity index (χ0n) is 3.96. The van der Waals surface area contributed by atoms with Gasteiger partial charge >= 0.3 is 5.97 Å². The average Bonchev–Trinajstić information content (AvgIpc) is 1.67. The highest BCUT2D eigenvalue weighted by molar-refractivity contribution is 5.85. The third kappa shape index (κ3) is 1.82. The second kappa shape index (κ2) is 2.64. The van der Waals surface area contributed by atoms with E-state index in [0.29, 0.717) is 0 Å². The van der Waals surface area contributed by atoms with Crippen molar-refractivity contribution >= 4 is 5.97 Å². The van der Waals surface area contributed by atoms with Gasteiger partial charge in [-0.1, -0.05) is 0 Å². The zero-order chi connectivity index (χ0) is 6.57. The van der Waals surface area contributed by atoms with Crippen molar-refractivity contribution in [2.75, 3.05) is 0 Å². The van der Waals surface area contributed by atoms with E-state index in [1.165, 1.54) is 6.07 Å². The highest BCUT2D eigenvalue weighted by Gasteiger charge is 1.96. The number of allylic oxidation sites excluding steroid dienone is 1. The molecule has 42 valence electrons. The van der Waals surface area contributed by atoms with Crippen LogP contribution in [0.1, 0.15) is 0 Å². The van der Waals surface area contributed by atoms with E-state index >= 15 is 0 Å². The number of carboxylic acid groups (broad SMARTS) is 1. The molecule has 0 saturated heterocycles. The molecule has 0 fully saturated rings. The maximum absolute atomic E-state index is 9.74. The molecule has 0 heterocycles. The lowest BCUT2D eigenvalue weighted by Crippen LogP contribution is -2.08. The molecule has 0 saturated carbocycles. The first-order valence-corrected chi connectivity index (χ1v) is 1.77. The molecule has 0 aliphatic carbocycles. The summed E-state index contributed by atoms with van der Waals surface area (Å²) >= 11 is 0. The minimum absolute atomic E-state index is 0.437. The van der Waals surface area contributed by atoms with Crippen LogP contribution in [0.4, 0.5) is 0 Å². The number of aliphatic carboxylic acids is 1. The van der Waals surface area contributed by atoms with E-state index in [1.54, 1.807) is 0 Å². The summed E-state index contributed by atoms with van der Waals surface area (Å²) in [5.74, 6) is -1.27. The van der Waals surface area contributed by atoms with Crippen LogP contribution in [0.3, 0.4) is 0 Å². The molecule has 0 rings (SSSR count). The minimum Gasteiger partial charge on any atom is -0.477 e. The predicted octanol–water partition coefficient (Wildman–Crippen LogP) is -0.563. The number of carboxylic acids is 1. The Labute approximate surface area is 45.8 Å². The number of nitriles is 1. The third-order valence-electron chi connectivity index (χ3n) is 0.467. The van der Waals surface area contributed by atoms with E-state index in [9.17, 15) is 4.79 Å². The van der Waals surface area contributed by atoms with Gasteiger partial charge in [0.2, 0.25) is 0 Å². The van der Waals surface area contributed by atoms with Crippen LogP contribution in [0.15, 0.2) is 11.8 Å². The number of nitrogens with zero attached hydrogens (tertiary/aromatic N) is 1. The highest BCUT2D eigenvalue weighted by atomic mass is 16.4. The SMILES string of the molecule is N#C/C=C(\N)C(=O)O. The molecule has 3 N–H and O–H groups in total. The molecule has 0 radical (unpaired) electrons. The van der Waals surface area contributed by atoms with Gasteiger partial charge in [0.1, 0.15) is 5.70 Å². The molecule has 0 bridgehead atoms. The van der Waals surface area contributed by atoms with E-state index in [0.717, 1.165) is 6.08 Å². The van der Waals surface area contributed by atoms with Crippen molar-refractivity contribution in [3.8, 4) is 6.07 Å². The summed E-state index contributed by atoms with van der Waals surface area (Å²) < 4.78 is 0. The molecule has 0 aliphatic heterocycles. The third-order valence-corrected chi connectivity index (χ3v) is 0.467. The molecule has 0 aromatic heterocycles. The Hall–Kier alpha value is -1.50. The van der Waals surface area contributed by atoms with Gasteiger partial charge in [-0.15, -0.1) is 0 Å². The van der Waals surface area contributed by atoms with Crippen LogP contribution in [0.5, 0.6) is 0 Å². The molecular weight excluding hydrogens is 108 g/mol. The minimum atomic E-state index is -1.27. The Bertz CT molecular complexity index is 165. The molecule has 0 aromatic carbocycles. The summed E-state index contributed by atoms with van der Waals surface area (Å²) in [5.41, 5.74) is 4.33. The van der Waals surface area contributed by atoms with Crippen molar-refractivity contribution < 1.29 is 9.90 Å². The first-order chi connectivity index (χ1) is 3.68.